The van der Waals surface area contributed by atoms with Crippen LogP contribution in [0.3, 0.4) is 0 Å². The van der Waals surface area contributed by atoms with Gasteiger partial charge >= 0.3 is 0 Å². The second-order valence-corrected chi connectivity index (χ2v) is 9.39. The van der Waals surface area contributed by atoms with Crippen molar-refractivity contribution < 1.29 is 13.2 Å². The first kappa shape index (κ1) is 17.3. The zero-order valence-electron chi connectivity index (χ0n) is 14.9. The molecule has 0 saturated heterocycles. The molecule has 26 heavy (non-hydrogen) atoms. The summed E-state index contributed by atoms with van der Waals surface area (Å²) in [5.41, 5.74) is 3.06. The van der Waals surface area contributed by atoms with Crippen molar-refractivity contribution in [2.24, 2.45) is 5.92 Å². The third-order valence-corrected chi connectivity index (χ3v) is 6.79. The van der Waals surface area contributed by atoms with Gasteiger partial charge in [-0.2, -0.15) is 5.10 Å². The number of fused-ring (bicyclic) bond motifs is 1. The van der Waals surface area contributed by atoms with Crippen molar-refractivity contribution in [2.75, 3.05) is 5.32 Å². The van der Waals surface area contributed by atoms with Gasteiger partial charge in [-0.15, -0.1) is 0 Å². The molecule has 1 amide bonds. The summed E-state index contributed by atoms with van der Waals surface area (Å²) in [6.07, 6.45) is 5.11. The minimum atomic E-state index is -3.18. The molecular weight excluding hydrogens is 350 g/mol. The summed E-state index contributed by atoms with van der Waals surface area (Å²) in [5.74, 6) is 0.372. The number of hydrogen-bond acceptors (Lipinski definition) is 4. The van der Waals surface area contributed by atoms with Crippen LogP contribution >= 0.6 is 0 Å². The molecule has 4 rings (SSSR count). The SMILES string of the molecule is Cc1ccccc1-n1nc2c(c1NC(=O)C1CCCCC1)CS(=O)(=O)C2. The molecule has 0 spiro atoms. The number of anilines is 1. The predicted octanol–water partition coefficient (Wildman–Crippen LogP) is 3.13. The molecule has 2 aliphatic rings. The molecule has 2 heterocycles. The second kappa shape index (κ2) is 6.54. The fourth-order valence-electron chi connectivity index (χ4n) is 3.93. The number of aryl methyl sites for hydroxylation is 1. The number of sulfone groups is 1. The summed E-state index contributed by atoms with van der Waals surface area (Å²) in [7, 11) is -3.18. The lowest BCUT2D eigenvalue weighted by molar-refractivity contribution is -0.120. The average molecular weight is 373 g/mol. The van der Waals surface area contributed by atoms with Gasteiger partial charge in [-0.1, -0.05) is 37.5 Å². The van der Waals surface area contributed by atoms with Gasteiger partial charge in [0, 0.05) is 11.5 Å². The summed E-state index contributed by atoms with van der Waals surface area (Å²) >= 11 is 0. The Kier molecular flexibility index (Phi) is 4.34. The Morgan fingerprint density at radius 3 is 2.62 bits per heavy atom. The molecule has 1 fully saturated rings. The normalized spacial score (nSPS) is 19.3. The third kappa shape index (κ3) is 3.16. The fourth-order valence-corrected chi connectivity index (χ4v) is 5.42. The minimum absolute atomic E-state index is 0.00219. The second-order valence-electron chi connectivity index (χ2n) is 7.33. The van der Waals surface area contributed by atoms with Gasteiger partial charge in [0.25, 0.3) is 0 Å². The van der Waals surface area contributed by atoms with Gasteiger partial charge in [0.2, 0.25) is 5.91 Å². The fraction of sp³-hybridized carbons (Fsp3) is 0.474. The van der Waals surface area contributed by atoms with Crippen molar-refractivity contribution in [3.63, 3.8) is 0 Å². The summed E-state index contributed by atoms with van der Waals surface area (Å²) < 4.78 is 25.8. The van der Waals surface area contributed by atoms with E-state index in [-0.39, 0.29) is 23.3 Å². The molecule has 1 aliphatic carbocycles. The number of rotatable bonds is 3. The van der Waals surface area contributed by atoms with E-state index in [4.69, 9.17) is 0 Å². The lowest BCUT2D eigenvalue weighted by Gasteiger charge is -2.21. The summed E-state index contributed by atoms with van der Waals surface area (Å²) in [6, 6.07) is 7.77. The molecule has 0 unspecified atom stereocenters. The van der Waals surface area contributed by atoms with Crippen LogP contribution in [0.15, 0.2) is 24.3 Å². The topological polar surface area (TPSA) is 81.1 Å². The van der Waals surface area contributed by atoms with Crippen LogP contribution in [0.4, 0.5) is 5.82 Å². The highest BCUT2D eigenvalue weighted by atomic mass is 32.2. The molecule has 1 aromatic heterocycles. The van der Waals surface area contributed by atoms with E-state index >= 15 is 0 Å². The molecule has 0 bridgehead atoms. The van der Waals surface area contributed by atoms with E-state index in [0.29, 0.717) is 17.1 Å². The van der Waals surface area contributed by atoms with E-state index in [2.05, 4.69) is 10.4 Å². The predicted molar refractivity (Wildman–Crippen MR) is 99.8 cm³/mol. The molecule has 1 N–H and O–H groups in total. The smallest absolute Gasteiger partial charge is 0.228 e. The molecular formula is C19H23N3O3S. The van der Waals surface area contributed by atoms with Crippen molar-refractivity contribution in [2.45, 2.75) is 50.5 Å². The van der Waals surface area contributed by atoms with Crippen molar-refractivity contribution in [3.05, 3.63) is 41.1 Å². The van der Waals surface area contributed by atoms with E-state index < -0.39 is 9.84 Å². The lowest BCUT2D eigenvalue weighted by Crippen LogP contribution is -2.26. The number of nitrogens with one attached hydrogen (secondary N) is 1. The van der Waals surface area contributed by atoms with Crippen LogP contribution in [0, 0.1) is 12.8 Å². The van der Waals surface area contributed by atoms with Crippen molar-refractivity contribution in [3.8, 4) is 5.69 Å². The highest BCUT2D eigenvalue weighted by Gasteiger charge is 2.34. The number of carbonyl (C=O) groups is 1. The molecule has 1 aliphatic heterocycles. The van der Waals surface area contributed by atoms with Crippen molar-refractivity contribution in [1.82, 2.24) is 9.78 Å². The molecule has 1 saturated carbocycles. The Morgan fingerprint density at radius 1 is 1.15 bits per heavy atom. The highest BCUT2D eigenvalue weighted by Crippen LogP contribution is 2.34. The highest BCUT2D eigenvalue weighted by molar-refractivity contribution is 7.90. The Morgan fingerprint density at radius 2 is 1.88 bits per heavy atom. The number of benzene rings is 1. The van der Waals surface area contributed by atoms with Crippen LogP contribution in [0.25, 0.3) is 5.69 Å². The first-order chi connectivity index (χ1) is 12.4. The minimum Gasteiger partial charge on any atom is -0.310 e. The van der Waals surface area contributed by atoms with Gasteiger partial charge in [-0.05, 0) is 31.4 Å². The van der Waals surface area contributed by atoms with Crippen LogP contribution in [0.5, 0.6) is 0 Å². The zero-order valence-corrected chi connectivity index (χ0v) is 15.7. The molecule has 0 atom stereocenters. The molecule has 138 valence electrons. The van der Waals surface area contributed by atoms with E-state index in [1.54, 1.807) is 4.68 Å². The number of carbonyl (C=O) groups excluding carboxylic acids is 1. The largest absolute Gasteiger partial charge is 0.310 e. The Hall–Kier alpha value is -2.15. The molecule has 0 radical (unpaired) electrons. The molecule has 1 aromatic carbocycles. The number of aromatic nitrogens is 2. The molecule has 6 nitrogen and oxygen atoms in total. The van der Waals surface area contributed by atoms with E-state index in [0.717, 1.165) is 36.9 Å². The molecule has 7 heteroatoms. The summed E-state index contributed by atoms with van der Waals surface area (Å²) in [6.45, 7) is 1.98. The third-order valence-electron chi connectivity index (χ3n) is 5.35. The summed E-state index contributed by atoms with van der Waals surface area (Å²) in [4.78, 5) is 12.8. The Labute approximate surface area is 153 Å². The van der Waals surface area contributed by atoms with Gasteiger partial charge in [0.1, 0.15) is 5.82 Å². The first-order valence-corrected chi connectivity index (χ1v) is 10.9. The van der Waals surface area contributed by atoms with Crippen LogP contribution in [0.1, 0.15) is 48.9 Å². The molecule has 2 aromatic rings. The Balaban J connectivity index is 1.74. The number of hydrogen-bond donors (Lipinski definition) is 1. The van der Waals surface area contributed by atoms with Gasteiger partial charge in [-0.3, -0.25) is 4.79 Å². The van der Waals surface area contributed by atoms with Gasteiger partial charge in [0.05, 0.1) is 22.9 Å². The van der Waals surface area contributed by atoms with E-state index in [1.807, 2.05) is 31.2 Å². The zero-order chi connectivity index (χ0) is 18.3. The maximum atomic E-state index is 12.8. The first-order valence-electron chi connectivity index (χ1n) is 9.13. The van der Waals surface area contributed by atoms with Crippen molar-refractivity contribution in [1.29, 1.82) is 0 Å². The van der Waals surface area contributed by atoms with Crippen LogP contribution < -0.4 is 5.32 Å². The monoisotopic (exact) mass is 373 g/mol. The van der Waals surface area contributed by atoms with E-state index in [9.17, 15) is 13.2 Å². The maximum Gasteiger partial charge on any atom is 0.228 e. The Bertz CT molecular complexity index is 956. The average Bonchev–Trinajstić information content (AvgIpc) is 3.09. The summed E-state index contributed by atoms with van der Waals surface area (Å²) in [5, 5.41) is 7.56. The van der Waals surface area contributed by atoms with Gasteiger partial charge in [0.15, 0.2) is 9.84 Å². The van der Waals surface area contributed by atoms with E-state index in [1.165, 1.54) is 6.42 Å². The standard InChI is InChI=1S/C19H23N3O3S/c1-13-7-5-6-10-17(13)22-18(15-11-26(24,25)12-16(15)21-22)20-19(23)14-8-3-2-4-9-14/h5-7,10,14H,2-4,8-9,11-12H2,1H3,(H,20,23). The van der Waals surface area contributed by atoms with Crippen molar-refractivity contribution >= 4 is 21.6 Å². The number of amides is 1. The lowest BCUT2D eigenvalue weighted by atomic mass is 9.88. The number of nitrogens with zero attached hydrogens (tertiary/aromatic N) is 2. The van der Waals surface area contributed by atoms with Crippen LogP contribution in [-0.4, -0.2) is 24.1 Å². The van der Waals surface area contributed by atoms with Crippen LogP contribution in [0.2, 0.25) is 0 Å². The van der Waals surface area contributed by atoms with Gasteiger partial charge in [-0.25, -0.2) is 13.1 Å². The maximum absolute atomic E-state index is 12.8. The van der Waals surface area contributed by atoms with Gasteiger partial charge < -0.3 is 5.32 Å². The number of para-hydroxylation sites is 1. The quantitative estimate of drug-likeness (QED) is 0.896. The van der Waals surface area contributed by atoms with Crippen LogP contribution in [-0.2, 0) is 26.1 Å².